The van der Waals surface area contributed by atoms with Gasteiger partial charge in [0.05, 0.1) is 23.6 Å². The van der Waals surface area contributed by atoms with Crippen molar-refractivity contribution in [2.45, 2.75) is 57.7 Å². The van der Waals surface area contributed by atoms with Crippen molar-refractivity contribution in [1.29, 1.82) is 0 Å². The van der Waals surface area contributed by atoms with Crippen LogP contribution in [0.1, 0.15) is 62.0 Å². The number of benzene rings is 1. The molecule has 3 N–H and O–H groups in total. The first-order chi connectivity index (χ1) is 12.6. The molecule has 0 amide bonds. The lowest BCUT2D eigenvalue weighted by atomic mass is 10.0. The van der Waals surface area contributed by atoms with E-state index in [-0.39, 0.29) is 23.4 Å². The second-order valence-corrected chi connectivity index (χ2v) is 7.89. The number of anilines is 1. The summed E-state index contributed by atoms with van der Waals surface area (Å²) in [5.41, 5.74) is 6.62. The highest BCUT2D eigenvalue weighted by molar-refractivity contribution is 5.90. The van der Waals surface area contributed by atoms with Crippen molar-refractivity contribution in [3.8, 4) is 11.3 Å². The van der Waals surface area contributed by atoms with Crippen molar-refractivity contribution in [3.05, 3.63) is 41.5 Å². The molecule has 2 atom stereocenters. The standard InChI is InChI=1S/C20H24FN3O3/c1-20(2,3)27-19(26)14-7-5-12(9-15(14)21)17-18(22)23-10-16(24-17)11-4-6-13(25)8-11/h5,7,9-11,13,25H,4,6,8H2,1-3H3,(H2,22,23)/t11-,13-/m1/s1. The summed E-state index contributed by atoms with van der Waals surface area (Å²) in [5.74, 6) is -1.14. The largest absolute Gasteiger partial charge is 0.456 e. The number of hydrogen-bond acceptors (Lipinski definition) is 6. The van der Waals surface area contributed by atoms with E-state index in [2.05, 4.69) is 9.97 Å². The summed E-state index contributed by atoms with van der Waals surface area (Å²) in [7, 11) is 0. The van der Waals surface area contributed by atoms with Gasteiger partial charge in [-0.15, -0.1) is 0 Å². The van der Waals surface area contributed by atoms with Crippen LogP contribution in [0.2, 0.25) is 0 Å². The zero-order valence-corrected chi connectivity index (χ0v) is 15.7. The fourth-order valence-electron chi connectivity index (χ4n) is 3.21. The first-order valence-electron chi connectivity index (χ1n) is 8.98. The van der Waals surface area contributed by atoms with Gasteiger partial charge in [0.15, 0.2) is 0 Å². The Labute approximate surface area is 157 Å². The van der Waals surface area contributed by atoms with E-state index in [4.69, 9.17) is 10.5 Å². The minimum Gasteiger partial charge on any atom is -0.456 e. The zero-order valence-electron chi connectivity index (χ0n) is 15.7. The fourth-order valence-corrected chi connectivity index (χ4v) is 3.21. The second kappa shape index (κ2) is 7.23. The van der Waals surface area contributed by atoms with Gasteiger partial charge in [-0.2, -0.15) is 0 Å². The molecule has 0 aliphatic heterocycles. The molecule has 3 rings (SSSR count). The summed E-state index contributed by atoms with van der Waals surface area (Å²) >= 11 is 0. The average molecular weight is 373 g/mol. The topological polar surface area (TPSA) is 98.3 Å². The molecule has 0 spiro atoms. The number of hydrogen-bond donors (Lipinski definition) is 2. The summed E-state index contributed by atoms with van der Waals surface area (Å²) in [4.78, 5) is 20.8. The Kier molecular flexibility index (Phi) is 5.15. The lowest BCUT2D eigenvalue weighted by molar-refractivity contribution is 0.00647. The third-order valence-corrected chi connectivity index (χ3v) is 4.50. The summed E-state index contributed by atoms with van der Waals surface area (Å²) in [5, 5.41) is 9.74. The molecule has 1 aliphatic carbocycles. The van der Waals surface area contributed by atoms with Crippen LogP contribution in [0.25, 0.3) is 11.3 Å². The van der Waals surface area contributed by atoms with E-state index in [1.807, 2.05) is 0 Å². The van der Waals surface area contributed by atoms with Crippen molar-refractivity contribution in [2.75, 3.05) is 5.73 Å². The number of aliphatic hydroxyl groups is 1. The maximum atomic E-state index is 14.5. The quantitative estimate of drug-likeness (QED) is 0.800. The van der Waals surface area contributed by atoms with Gasteiger partial charge in [0.1, 0.15) is 22.9 Å². The number of nitrogens with zero attached hydrogens (tertiary/aromatic N) is 2. The van der Waals surface area contributed by atoms with Gasteiger partial charge in [-0.1, -0.05) is 6.07 Å². The first kappa shape index (κ1) is 19.2. The molecule has 7 heteroatoms. The van der Waals surface area contributed by atoms with Crippen LogP contribution in [0.5, 0.6) is 0 Å². The Morgan fingerprint density at radius 3 is 2.67 bits per heavy atom. The Balaban J connectivity index is 1.90. The molecule has 144 valence electrons. The molecule has 2 aromatic rings. The maximum Gasteiger partial charge on any atom is 0.341 e. The Hall–Kier alpha value is -2.54. The van der Waals surface area contributed by atoms with Crippen molar-refractivity contribution < 1.29 is 19.0 Å². The molecule has 0 unspecified atom stereocenters. The third-order valence-electron chi connectivity index (χ3n) is 4.50. The monoisotopic (exact) mass is 373 g/mol. The van der Waals surface area contributed by atoms with Crippen LogP contribution in [-0.4, -0.2) is 32.7 Å². The van der Waals surface area contributed by atoms with E-state index in [1.165, 1.54) is 12.1 Å². The van der Waals surface area contributed by atoms with Gasteiger partial charge in [-0.05, 0) is 52.2 Å². The molecular weight excluding hydrogens is 349 g/mol. The molecule has 1 saturated carbocycles. The van der Waals surface area contributed by atoms with Crippen molar-refractivity contribution in [1.82, 2.24) is 9.97 Å². The highest BCUT2D eigenvalue weighted by Crippen LogP contribution is 2.35. The van der Waals surface area contributed by atoms with E-state index >= 15 is 0 Å². The third kappa shape index (κ3) is 4.42. The minimum absolute atomic E-state index is 0.109. The number of carbonyl (C=O) groups excluding carboxylic acids is 1. The fraction of sp³-hybridized carbons (Fsp3) is 0.450. The summed E-state index contributed by atoms with van der Waals surface area (Å²) in [6, 6.07) is 4.16. The van der Waals surface area contributed by atoms with Gasteiger partial charge >= 0.3 is 5.97 Å². The number of carbonyl (C=O) groups is 1. The van der Waals surface area contributed by atoms with Crippen molar-refractivity contribution >= 4 is 11.8 Å². The number of aromatic nitrogens is 2. The number of ether oxygens (including phenoxy) is 1. The summed E-state index contributed by atoms with van der Waals surface area (Å²) in [6.07, 6.45) is 3.45. The molecule has 1 heterocycles. The SMILES string of the molecule is CC(C)(C)OC(=O)c1ccc(-c2nc([C@@H]3CC[C@@H](O)C3)cnc2N)cc1F. The van der Waals surface area contributed by atoms with E-state index in [1.54, 1.807) is 33.0 Å². The van der Waals surface area contributed by atoms with Gasteiger partial charge in [0.25, 0.3) is 0 Å². The summed E-state index contributed by atoms with van der Waals surface area (Å²) < 4.78 is 19.7. The van der Waals surface area contributed by atoms with Gasteiger partial charge < -0.3 is 15.6 Å². The molecule has 0 radical (unpaired) electrons. The van der Waals surface area contributed by atoms with E-state index in [0.717, 1.165) is 18.5 Å². The minimum atomic E-state index is -0.723. The van der Waals surface area contributed by atoms with Gasteiger partial charge in [0.2, 0.25) is 0 Å². The van der Waals surface area contributed by atoms with Crippen LogP contribution >= 0.6 is 0 Å². The van der Waals surface area contributed by atoms with E-state index in [0.29, 0.717) is 17.7 Å². The number of nitrogens with two attached hydrogens (primary N) is 1. The lowest BCUT2D eigenvalue weighted by Gasteiger charge is -2.19. The molecular formula is C20H24FN3O3. The molecule has 6 nitrogen and oxygen atoms in total. The normalized spacial score (nSPS) is 19.9. The predicted molar refractivity (Wildman–Crippen MR) is 99.6 cm³/mol. The van der Waals surface area contributed by atoms with Gasteiger partial charge in [-0.3, -0.25) is 0 Å². The van der Waals surface area contributed by atoms with E-state index < -0.39 is 17.4 Å². The van der Waals surface area contributed by atoms with Crippen LogP contribution in [0.3, 0.4) is 0 Å². The molecule has 27 heavy (non-hydrogen) atoms. The molecule has 1 aliphatic rings. The zero-order chi connectivity index (χ0) is 19.8. The number of esters is 1. The summed E-state index contributed by atoms with van der Waals surface area (Å²) in [6.45, 7) is 5.16. The molecule has 1 fully saturated rings. The first-order valence-corrected chi connectivity index (χ1v) is 8.98. The van der Waals surface area contributed by atoms with Crippen LogP contribution < -0.4 is 5.73 Å². The number of rotatable bonds is 3. The van der Waals surface area contributed by atoms with E-state index in [9.17, 15) is 14.3 Å². The number of nitrogen functional groups attached to an aromatic ring is 1. The molecule has 0 saturated heterocycles. The smallest absolute Gasteiger partial charge is 0.341 e. The highest BCUT2D eigenvalue weighted by atomic mass is 19.1. The van der Waals surface area contributed by atoms with Gasteiger partial charge in [0, 0.05) is 11.5 Å². The molecule has 0 bridgehead atoms. The Morgan fingerprint density at radius 1 is 1.33 bits per heavy atom. The maximum absolute atomic E-state index is 14.5. The van der Waals surface area contributed by atoms with Crippen LogP contribution in [0.15, 0.2) is 24.4 Å². The van der Waals surface area contributed by atoms with Gasteiger partial charge in [-0.25, -0.2) is 19.2 Å². The highest BCUT2D eigenvalue weighted by Gasteiger charge is 2.26. The second-order valence-electron chi connectivity index (χ2n) is 7.89. The van der Waals surface area contributed by atoms with Crippen LogP contribution in [0, 0.1) is 5.82 Å². The average Bonchev–Trinajstić information content (AvgIpc) is 3.00. The number of aliphatic hydroxyl groups excluding tert-OH is 1. The lowest BCUT2D eigenvalue weighted by Crippen LogP contribution is -2.24. The number of halogens is 1. The van der Waals surface area contributed by atoms with Crippen molar-refractivity contribution in [2.24, 2.45) is 0 Å². The molecule has 1 aromatic carbocycles. The Bertz CT molecular complexity index is 864. The van der Waals surface area contributed by atoms with Crippen molar-refractivity contribution in [3.63, 3.8) is 0 Å². The Morgan fingerprint density at radius 2 is 2.07 bits per heavy atom. The predicted octanol–water partition coefficient (Wildman–Crippen LogP) is 3.45. The van der Waals surface area contributed by atoms with Crippen LogP contribution in [0.4, 0.5) is 10.2 Å². The van der Waals surface area contributed by atoms with Crippen LogP contribution in [-0.2, 0) is 4.74 Å². The molecule has 1 aromatic heterocycles.